The van der Waals surface area contributed by atoms with E-state index in [2.05, 4.69) is 31.6 Å². The van der Waals surface area contributed by atoms with Crippen molar-refractivity contribution in [1.29, 1.82) is 0 Å². The average Bonchev–Trinajstić information content (AvgIpc) is 2.95. The fourth-order valence-corrected chi connectivity index (χ4v) is 6.83. The molecular weight excluding hydrogens is 466 g/mol. The number of aryl methyl sites for hydroxylation is 1. The van der Waals surface area contributed by atoms with Crippen LogP contribution in [0.5, 0.6) is 5.75 Å². The number of pyridine rings is 1. The number of rotatable bonds is 3. The fraction of sp³-hybridized carbons (Fsp3) is 0.625. The van der Waals surface area contributed by atoms with Gasteiger partial charge in [0.25, 0.3) is 0 Å². The smallest absolute Gasteiger partial charge is 0.164 e. The topological polar surface area (TPSA) is 113 Å². The highest BCUT2D eigenvalue weighted by atomic mass is 32.2. The lowest BCUT2D eigenvalue weighted by Crippen LogP contribution is -2.58. The maximum Gasteiger partial charge on any atom is 0.164 e. The SMILES string of the molecule is Cc1nc(C2CCN(C3CNC3)CC2)cc2c1OC(C)c1c(ncnc1N1CCS(=O)(=O)CC1)N2. The van der Waals surface area contributed by atoms with Gasteiger partial charge < -0.3 is 20.3 Å². The minimum absolute atomic E-state index is 0.136. The molecule has 35 heavy (non-hydrogen) atoms. The van der Waals surface area contributed by atoms with Gasteiger partial charge in [0, 0.05) is 43.8 Å². The van der Waals surface area contributed by atoms with Crippen LogP contribution < -0.4 is 20.3 Å². The summed E-state index contributed by atoms with van der Waals surface area (Å²) in [5.41, 5.74) is 3.71. The zero-order valence-electron chi connectivity index (χ0n) is 20.3. The molecule has 0 bridgehead atoms. The Balaban J connectivity index is 1.27. The Bertz CT molecular complexity index is 1210. The Morgan fingerprint density at radius 2 is 1.83 bits per heavy atom. The van der Waals surface area contributed by atoms with E-state index < -0.39 is 9.84 Å². The normalized spacial score (nSPS) is 25.0. The van der Waals surface area contributed by atoms with Gasteiger partial charge in [0.15, 0.2) is 15.6 Å². The number of nitrogens with one attached hydrogen (secondary N) is 2. The first-order valence-electron chi connectivity index (χ1n) is 12.6. The molecule has 11 heteroatoms. The predicted octanol–water partition coefficient (Wildman–Crippen LogP) is 1.76. The first kappa shape index (κ1) is 22.9. The van der Waals surface area contributed by atoms with Gasteiger partial charge in [-0.15, -0.1) is 0 Å². The molecule has 6 rings (SSSR count). The number of aromatic nitrogens is 3. The van der Waals surface area contributed by atoms with Crippen LogP contribution >= 0.6 is 0 Å². The van der Waals surface area contributed by atoms with E-state index in [1.54, 1.807) is 6.33 Å². The molecule has 0 aliphatic carbocycles. The zero-order chi connectivity index (χ0) is 24.2. The summed E-state index contributed by atoms with van der Waals surface area (Å²) in [6.45, 7) is 9.28. The summed E-state index contributed by atoms with van der Waals surface area (Å²) in [5, 5.41) is 6.89. The summed E-state index contributed by atoms with van der Waals surface area (Å²) in [4.78, 5) is 18.7. The Labute approximate surface area is 206 Å². The molecule has 0 amide bonds. The van der Waals surface area contributed by atoms with Gasteiger partial charge in [0.2, 0.25) is 0 Å². The van der Waals surface area contributed by atoms with Crippen molar-refractivity contribution in [2.75, 3.05) is 61.0 Å². The highest BCUT2D eigenvalue weighted by Crippen LogP contribution is 2.44. The minimum Gasteiger partial charge on any atom is -0.482 e. The summed E-state index contributed by atoms with van der Waals surface area (Å²) in [6, 6.07) is 2.82. The Hall–Kier alpha value is -2.50. The Morgan fingerprint density at radius 3 is 2.51 bits per heavy atom. The van der Waals surface area contributed by atoms with Gasteiger partial charge in [-0.2, -0.15) is 0 Å². The van der Waals surface area contributed by atoms with Crippen LogP contribution in [0.4, 0.5) is 17.3 Å². The van der Waals surface area contributed by atoms with Crippen LogP contribution in [0.2, 0.25) is 0 Å². The second-order valence-electron chi connectivity index (χ2n) is 10.1. The molecule has 1 atom stereocenters. The molecule has 3 saturated heterocycles. The van der Waals surface area contributed by atoms with E-state index in [0.29, 0.717) is 30.9 Å². The molecule has 2 aromatic heterocycles. The van der Waals surface area contributed by atoms with Gasteiger partial charge in [-0.1, -0.05) is 0 Å². The van der Waals surface area contributed by atoms with E-state index >= 15 is 0 Å². The first-order chi connectivity index (χ1) is 16.9. The van der Waals surface area contributed by atoms with Crippen molar-refractivity contribution in [3.63, 3.8) is 0 Å². The molecular formula is C24H33N7O3S. The lowest BCUT2D eigenvalue weighted by molar-refractivity contribution is 0.112. The van der Waals surface area contributed by atoms with Crippen LogP contribution in [0.25, 0.3) is 0 Å². The Kier molecular flexibility index (Phi) is 5.81. The van der Waals surface area contributed by atoms with Crippen LogP contribution in [0.1, 0.15) is 48.7 Å². The van der Waals surface area contributed by atoms with Crippen LogP contribution in [0, 0.1) is 6.92 Å². The summed E-state index contributed by atoms with van der Waals surface area (Å²) < 4.78 is 30.3. The van der Waals surface area contributed by atoms with Crippen LogP contribution in [0.3, 0.4) is 0 Å². The largest absolute Gasteiger partial charge is 0.482 e. The van der Waals surface area contributed by atoms with Crippen molar-refractivity contribution in [2.24, 2.45) is 0 Å². The molecule has 1 unspecified atom stereocenters. The molecule has 6 heterocycles. The maximum absolute atomic E-state index is 11.9. The number of nitrogens with zero attached hydrogens (tertiary/aromatic N) is 5. The summed E-state index contributed by atoms with van der Waals surface area (Å²) >= 11 is 0. The molecule has 0 spiro atoms. The third-order valence-electron chi connectivity index (χ3n) is 7.85. The van der Waals surface area contributed by atoms with E-state index in [0.717, 1.165) is 73.2 Å². The number of ether oxygens (including phenoxy) is 1. The molecule has 0 aromatic carbocycles. The van der Waals surface area contributed by atoms with Crippen molar-refractivity contribution < 1.29 is 13.2 Å². The van der Waals surface area contributed by atoms with Crippen LogP contribution in [-0.4, -0.2) is 85.1 Å². The molecule has 188 valence electrons. The third kappa shape index (κ3) is 4.34. The molecule has 0 radical (unpaired) electrons. The number of fused-ring (bicyclic) bond motifs is 2. The lowest BCUT2D eigenvalue weighted by atomic mass is 9.91. The molecule has 10 nitrogen and oxygen atoms in total. The van der Waals surface area contributed by atoms with Crippen molar-refractivity contribution in [1.82, 2.24) is 25.2 Å². The average molecular weight is 500 g/mol. The molecule has 2 N–H and O–H groups in total. The van der Waals surface area contributed by atoms with Gasteiger partial charge >= 0.3 is 0 Å². The Morgan fingerprint density at radius 1 is 1.09 bits per heavy atom. The predicted molar refractivity (Wildman–Crippen MR) is 134 cm³/mol. The van der Waals surface area contributed by atoms with Crippen molar-refractivity contribution in [3.8, 4) is 5.75 Å². The first-order valence-corrected chi connectivity index (χ1v) is 14.4. The number of likely N-dealkylation sites (tertiary alicyclic amines) is 1. The van der Waals surface area contributed by atoms with E-state index in [9.17, 15) is 8.42 Å². The quantitative estimate of drug-likeness (QED) is 0.648. The monoisotopic (exact) mass is 499 g/mol. The lowest BCUT2D eigenvalue weighted by Gasteiger charge is -2.42. The maximum atomic E-state index is 11.9. The van der Waals surface area contributed by atoms with E-state index in [4.69, 9.17) is 9.72 Å². The highest BCUT2D eigenvalue weighted by Gasteiger charge is 2.33. The van der Waals surface area contributed by atoms with Gasteiger partial charge in [-0.05, 0) is 45.8 Å². The number of hydrogen-bond donors (Lipinski definition) is 2. The van der Waals surface area contributed by atoms with Crippen molar-refractivity contribution >= 4 is 27.2 Å². The van der Waals surface area contributed by atoms with Crippen molar-refractivity contribution in [2.45, 2.75) is 44.8 Å². The number of hydrogen-bond acceptors (Lipinski definition) is 10. The second-order valence-corrected chi connectivity index (χ2v) is 12.4. The summed E-state index contributed by atoms with van der Waals surface area (Å²) in [7, 11) is -2.98. The molecule has 3 fully saturated rings. The zero-order valence-corrected chi connectivity index (χ0v) is 21.1. The third-order valence-corrected chi connectivity index (χ3v) is 9.46. The number of sulfone groups is 1. The fourth-order valence-electron chi connectivity index (χ4n) is 5.63. The highest BCUT2D eigenvalue weighted by molar-refractivity contribution is 7.91. The molecule has 4 aliphatic heterocycles. The standard InChI is InChI=1S/C24H33N7O3S/c1-15-22-20(11-19(28-15)17-3-5-30(6-4-17)18-12-25-13-18)29-23-21(16(2)34-22)24(27-14-26-23)31-7-9-35(32,33)10-8-31/h11,14,16-18,25H,3-10,12-13H2,1-2H3,(H,26,27,29). The summed E-state index contributed by atoms with van der Waals surface area (Å²) in [5.74, 6) is 2.89. The number of anilines is 3. The van der Waals surface area contributed by atoms with Gasteiger partial charge in [-0.25, -0.2) is 18.4 Å². The van der Waals surface area contributed by atoms with E-state index in [1.165, 1.54) is 0 Å². The number of piperidine rings is 1. The van der Waals surface area contributed by atoms with Gasteiger partial charge in [-0.3, -0.25) is 9.88 Å². The molecule has 2 aromatic rings. The van der Waals surface area contributed by atoms with Crippen molar-refractivity contribution in [3.05, 3.63) is 29.3 Å². The molecule has 4 aliphatic rings. The second kappa shape index (κ2) is 8.86. The van der Waals surface area contributed by atoms with Crippen LogP contribution in [-0.2, 0) is 9.84 Å². The summed E-state index contributed by atoms with van der Waals surface area (Å²) in [6.07, 6.45) is 3.46. The van der Waals surface area contributed by atoms with Crippen LogP contribution in [0.15, 0.2) is 12.4 Å². The van der Waals surface area contributed by atoms with Gasteiger partial charge in [0.05, 0.1) is 28.5 Å². The molecule has 0 saturated carbocycles. The minimum atomic E-state index is -2.98. The van der Waals surface area contributed by atoms with Gasteiger partial charge in [0.1, 0.15) is 24.1 Å². The van der Waals surface area contributed by atoms with E-state index in [-0.39, 0.29) is 17.6 Å². The van der Waals surface area contributed by atoms with E-state index in [1.807, 2.05) is 18.7 Å².